The van der Waals surface area contributed by atoms with Gasteiger partial charge >= 0.3 is 5.97 Å². The van der Waals surface area contributed by atoms with E-state index in [1.807, 2.05) is 0 Å². The zero-order valence-corrected chi connectivity index (χ0v) is 9.42. The van der Waals surface area contributed by atoms with Crippen molar-refractivity contribution in [2.24, 2.45) is 5.73 Å². The summed E-state index contributed by atoms with van der Waals surface area (Å²) in [6.07, 6.45) is -2.48. The van der Waals surface area contributed by atoms with Crippen LogP contribution in [0.2, 0.25) is 0 Å². The summed E-state index contributed by atoms with van der Waals surface area (Å²) in [7, 11) is 0. The molecular weight excluding hydrogens is 254 g/mol. The first kappa shape index (κ1) is 14.4. The number of hydrogen-bond donors (Lipinski definition) is 1. The summed E-state index contributed by atoms with van der Waals surface area (Å²) >= 11 is 0. The fourth-order valence-corrected chi connectivity index (χ4v) is 1.36. The Morgan fingerprint density at radius 3 is 2.44 bits per heavy atom. The average molecular weight is 265 g/mol. The molecule has 0 radical (unpaired) electrons. The lowest BCUT2D eigenvalue weighted by molar-refractivity contribution is -0.150. The summed E-state index contributed by atoms with van der Waals surface area (Å²) in [5.41, 5.74) is 4.20. The van der Waals surface area contributed by atoms with Crippen molar-refractivity contribution in [1.82, 2.24) is 0 Å². The Kier molecular flexibility index (Phi) is 4.66. The molecule has 1 aromatic carbocycles. The largest absolute Gasteiger partial charge is 0.464 e. The molecule has 100 valence electrons. The van der Waals surface area contributed by atoms with Gasteiger partial charge in [0.05, 0.1) is 12.6 Å². The summed E-state index contributed by atoms with van der Waals surface area (Å²) in [6.45, 7) is 1.32. The first-order chi connectivity index (χ1) is 8.40. The van der Waals surface area contributed by atoms with Crippen LogP contribution in [0.3, 0.4) is 0 Å². The van der Waals surface area contributed by atoms with E-state index in [2.05, 4.69) is 4.74 Å². The standard InChI is InChI=1S/C11H11F4NO2/c1-2-18-11(17)9(15)10(16)7-5(12)3-4-6(13)8(7)14/h3-4,9-10H,2,16H2,1H3/t9?,10-/m0/s1. The summed E-state index contributed by atoms with van der Waals surface area (Å²) < 4.78 is 57.3. The predicted molar refractivity (Wildman–Crippen MR) is 54.8 cm³/mol. The zero-order chi connectivity index (χ0) is 13.9. The van der Waals surface area contributed by atoms with Gasteiger partial charge < -0.3 is 10.5 Å². The van der Waals surface area contributed by atoms with Gasteiger partial charge in [0.15, 0.2) is 11.6 Å². The molecule has 0 fully saturated rings. The minimum absolute atomic E-state index is 0.111. The van der Waals surface area contributed by atoms with Crippen molar-refractivity contribution in [3.63, 3.8) is 0 Å². The molecule has 0 aromatic heterocycles. The topological polar surface area (TPSA) is 52.3 Å². The Bertz CT molecular complexity index is 453. The maximum Gasteiger partial charge on any atom is 0.342 e. The van der Waals surface area contributed by atoms with E-state index < -0.39 is 41.2 Å². The van der Waals surface area contributed by atoms with E-state index in [0.717, 1.165) is 0 Å². The molecular formula is C11H11F4NO2. The van der Waals surface area contributed by atoms with Gasteiger partial charge in [-0.15, -0.1) is 0 Å². The summed E-state index contributed by atoms with van der Waals surface area (Å²) in [5.74, 6) is -5.58. The molecule has 0 aliphatic rings. The lowest BCUT2D eigenvalue weighted by Gasteiger charge is -2.17. The van der Waals surface area contributed by atoms with Crippen molar-refractivity contribution in [3.05, 3.63) is 35.1 Å². The van der Waals surface area contributed by atoms with Gasteiger partial charge in [-0.2, -0.15) is 0 Å². The SMILES string of the molecule is CCOC(=O)C(F)[C@@H](N)c1c(F)ccc(F)c1F. The second-order valence-corrected chi connectivity index (χ2v) is 3.44. The van der Waals surface area contributed by atoms with Crippen LogP contribution in [0.25, 0.3) is 0 Å². The molecule has 7 heteroatoms. The summed E-state index contributed by atoms with van der Waals surface area (Å²) in [4.78, 5) is 11.0. The van der Waals surface area contributed by atoms with Gasteiger partial charge in [-0.05, 0) is 19.1 Å². The molecule has 0 heterocycles. The van der Waals surface area contributed by atoms with Crippen LogP contribution in [-0.2, 0) is 9.53 Å². The number of ether oxygens (including phenoxy) is 1. The Labute approximate surface area is 101 Å². The number of halogens is 4. The first-order valence-corrected chi connectivity index (χ1v) is 5.09. The van der Waals surface area contributed by atoms with Crippen LogP contribution in [0, 0.1) is 17.5 Å². The fourth-order valence-electron chi connectivity index (χ4n) is 1.36. The second kappa shape index (κ2) is 5.81. The molecule has 0 saturated carbocycles. The maximum atomic E-state index is 13.5. The summed E-state index contributed by atoms with van der Waals surface area (Å²) in [5, 5.41) is 0. The molecule has 0 aliphatic carbocycles. The molecule has 2 atom stereocenters. The van der Waals surface area contributed by atoms with Crippen LogP contribution in [0.5, 0.6) is 0 Å². The zero-order valence-electron chi connectivity index (χ0n) is 9.42. The van der Waals surface area contributed by atoms with Crippen molar-refractivity contribution in [2.75, 3.05) is 6.61 Å². The van der Waals surface area contributed by atoms with Gasteiger partial charge in [-0.1, -0.05) is 0 Å². The van der Waals surface area contributed by atoms with E-state index in [9.17, 15) is 22.4 Å². The Hall–Kier alpha value is -1.63. The van der Waals surface area contributed by atoms with E-state index in [1.165, 1.54) is 6.92 Å². The molecule has 18 heavy (non-hydrogen) atoms. The Morgan fingerprint density at radius 1 is 1.33 bits per heavy atom. The van der Waals surface area contributed by atoms with E-state index in [0.29, 0.717) is 12.1 Å². The van der Waals surface area contributed by atoms with E-state index >= 15 is 0 Å². The highest BCUT2D eigenvalue weighted by Gasteiger charge is 2.32. The second-order valence-electron chi connectivity index (χ2n) is 3.44. The van der Waals surface area contributed by atoms with Crippen molar-refractivity contribution in [3.8, 4) is 0 Å². The molecule has 0 aliphatic heterocycles. The van der Waals surface area contributed by atoms with E-state index in [1.54, 1.807) is 0 Å². The monoisotopic (exact) mass is 265 g/mol. The molecule has 1 rings (SSSR count). The number of rotatable bonds is 4. The minimum Gasteiger partial charge on any atom is -0.464 e. The van der Waals surface area contributed by atoms with Crippen LogP contribution < -0.4 is 5.73 Å². The number of esters is 1. The van der Waals surface area contributed by atoms with Gasteiger partial charge in [-0.3, -0.25) is 0 Å². The van der Waals surface area contributed by atoms with Gasteiger partial charge in [0.25, 0.3) is 0 Å². The number of carbonyl (C=O) groups excluding carboxylic acids is 1. The number of carbonyl (C=O) groups is 1. The van der Waals surface area contributed by atoms with Crippen molar-refractivity contribution in [2.45, 2.75) is 19.1 Å². The number of alkyl halides is 1. The molecule has 0 spiro atoms. The van der Waals surface area contributed by atoms with Crippen molar-refractivity contribution in [1.29, 1.82) is 0 Å². The van der Waals surface area contributed by atoms with E-state index in [4.69, 9.17) is 5.73 Å². The third-order valence-corrected chi connectivity index (χ3v) is 2.24. The lowest BCUT2D eigenvalue weighted by atomic mass is 10.0. The average Bonchev–Trinajstić information content (AvgIpc) is 2.33. The highest BCUT2D eigenvalue weighted by molar-refractivity contribution is 5.75. The van der Waals surface area contributed by atoms with E-state index in [-0.39, 0.29) is 6.61 Å². The number of nitrogens with two attached hydrogens (primary N) is 1. The highest BCUT2D eigenvalue weighted by atomic mass is 19.2. The quantitative estimate of drug-likeness (QED) is 0.514. The molecule has 3 nitrogen and oxygen atoms in total. The number of hydrogen-bond acceptors (Lipinski definition) is 3. The van der Waals surface area contributed by atoms with Crippen LogP contribution in [0.15, 0.2) is 12.1 Å². The van der Waals surface area contributed by atoms with Crippen LogP contribution in [-0.4, -0.2) is 18.7 Å². The lowest BCUT2D eigenvalue weighted by Crippen LogP contribution is -2.33. The fraction of sp³-hybridized carbons (Fsp3) is 0.364. The predicted octanol–water partition coefficient (Wildman–Crippen LogP) is 2.00. The van der Waals surface area contributed by atoms with Crippen molar-refractivity contribution < 1.29 is 27.1 Å². The number of benzene rings is 1. The van der Waals surface area contributed by atoms with Gasteiger partial charge in [0.2, 0.25) is 6.17 Å². The van der Waals surface area contributed by atoms with Crippen LogP contribution in [0.1, 0.15) is 18.5 Å². The molecule has 2 N–H and O–H groups in total. The molecule has 1 unspecified atom stereocenters. The van der Waals surface area contributed by atoms with Gasteiger partial charge in [-0.25, -0.2) is 22.4 Å². The smallest absolute Gasteiger partial charge is 0.342 e. The molecule has 1 aromatic rings. The third-order valence-electron chi connectivity index (χ3n) is 2.24. The minimum atomic E-state index is -2.48. The van der Waals surface area contributed by atoms with Gasteiger partial charge in [0, 0.05) is 5.56 Å². The van der Waals surface area contributed by atoms with Crippen LogP contribution >= 0.6 is 0 Å². The highest BCUT2D eigenvalue weighted by Crippen LogP contribution is 2.25. The first-order valence-electron chi connectivity index (χ1n) is 5.09. The maximum absolute atomic E-state index is 13.5. The molecule has 0 saturated heterocycles. The molecule has 0 bridgehead atoms. The van der Waals surface area contributed by atoms with Crippen LogP contribution in [0.4, 0.5) is 17.6 Å². The normalized spacial score (nSPS) is 14.1. The van der Waals surface area contributed by atoms with Gasteiger partial charge in [0.1, 0.15) is 5.82 Å². The third kappa shape index (κ3) is 2.79. The Morgan fingerprint density at radius 2 is 1.89 bits per heavy atom. The summed E-state index contributed by atoms with van der Waals surface area (Å²) in [6, 6.07) is -0.830. The Balaban J connectivity index is 3.07. The molecule has 0 amide bonds. The van der Waals surface area contributed by atoms with Crippen molar-refractivity contribution >= 4 is 5.97 Å².